The largest absolute Gasteiger partial charge is 0.453 e. The van der Waals surface area contributed by atoms with Crippen molar-refractivity contribution in [2.24, 2.45) is 17.3 Å². The van der Waals surface area contributed by atoms with Crippen molar-refractivity contribution in [3.63, 3.8) is 0 Å². The summed E-state index contributed by atoms with van der Waals surface area (Å²) in [6, 6.07) is 3.55. The molecule has 0 radical (unpaired) electrons. The zero-order valence-corrected chi connectivity index (χ0v) is 15.7. The summed E-state index contributed by atoms with van der Waals surface area (Å²) < 4.78 is 11.1. The molecule has 0 fully saturated rings. The van der Waals surface area contributed by atoms with Crippen molar-refractivity contribution in [3.8, 4) is 12.1 Å². The first kappa shape index (κ1) is 19.7. The monoisotopic (exact) mass is 356 g/mol. The second-order valence-corrected chi connectivity index (χ2v) is 7.55. The van der Waals surface area contributed by atoms with Crippen molar-refractivity contribution < 1.29 is 19.1 Å². The molecule has 6 heteroatoms. The van der Waals surface area contributed by atoms with E-state index < -0.39 is 23.5 Å². The number of hydrogen-bond acceptors (Lipinski definition) is 6. The van der Waals surface area contributed by atoms with Crippen LogP contribution in [-0.4, -0.2) is 18.0 Å². The maximum Gasteiger partial charge on any atom is 0.325 e. The highest BCUT2D eigenvalue weighted by molar-refractivity contribution is 5.74. The fraction of sp³-hybridized carbons (Fsp3) is 0.600. The maximum atomic E-state index is 12.0. The second-order valence-electron chi connectivity index (χ2n) is 7.55. The van der Waals surface area contributed by atoms with Crippen LogP contribution in [0.15, 0.2) is 23.0 Å². The van der Waals surface area contributed by atoms with E-state index in [-0.39, 0.29) is 24.5 Å². The van der Waals surface area contributed by atoms with Crippen LogP contribution in [-0.2, 0) is 19.1 Å². The molecule has 2 aliphatic rings. The number of rotatable bonds is 4. The van der Waals surface area contributed by atoms with Gasteiger partial charge in [0.25, 0.3) is 0 Å². The van der Waals surface area contributed by atoms with Crippen molar-refractivity contribution in [1.82, 2.24) is 0 Å². The van der Waals surface area contributed by atoms with E-state index in [1.807, 2.05) is 20.8 Å². The zero-order chi connectivity index (χ0) is 19.5. The fourth-order valence-electron chi connectivity index (χ4n) is 3.91. The van der Waals surface area contributed by atoms with Gasteiger partial charge < -0.3 is 9.47 Å². The lowest BCUT2D eigenvalue weighted by Gasteiger charge is -2.48. The third kappa shape index (κ3) is 3.80. The van der Waals surface area contributed by atoms with Crippen LogP contribution in [0.3, 0.4) is 0 Å². The Morgan fingerprint density at radius 3 is 2.42 bits per heavy atom. The van der Waals surface area contributed by atoms with Gasteiger partial charge in [-0.3, -0.25) is 9.59 Å². The maximum absolute atomic E-state index is 12.0. The van der Waals surface area contributed by atoms with Gasteiger partial charge in [-0.25, -0.2) is 0 Å². The molecular weight excluding hydrogens is 332 g/mol. The summed E-state index contributed by atoms with van der Waals surface area (Å²) in [5.41, 5.74) is 1.39. The molecule has 3 unspecified atom stereocenters. The summed E-state index contributed by atoms with van der Waals surface area (Å²) in [5, 5.41) is 17.5. The molecule has 26 heavy (non-hydrogen) atoms. The Kier molecular flexibility index (Phi) is 5.87. The molecule has 0 aromatic heterocycles. The number of allylic oxidation sites excluding steroid dienone is 3. The van der Waals surface area contributed by atoms with Crippen molar-refractivity contribution in [2.75, 3.05) is 0 Å². The molecule has 0 bridgehead atoms. The Morgan fingerprint density at radius 2 is 1.81 bits per heavy atom. The van der Waals surface area contributed by atoms with Gasteiger partial charge in [-0.2, -0.15) is 10.5 Å². The van der Waals surface area contributed by atoms with Crippen LogP contribution in [0.4, 0.5) is 0 Å². The lowest BCUT2D eigenvalue weighted by atomic mass is 9.60. The highest BCUT2D eigenvalue weighted by Gasteiger charge is 2.50. The first-order valence-electron chi connectivity index (χ1n) is 8.79. The van der Waals surface area contributed by atoms with Crippen molar-refractivity contribution in [2.45, 2.75) is 59.5 Å². The van der Waals surface area contributed by atoms with Gasteiger partial charge >= 0.3 is 11.9 Å². The molecule has 2 aliphatic carbocycles. The summed E-state index contributed by atoms with van der Waals surface area (Å²) >= 11 is 0. The Morgan fingerprint density at radius 1 is 1.19 bits per heavy atom. The van der Waals surface area contributed by atoms with Crippen LogP contribution in [0.1, 0.15) is 53.4 Å². The van der Waals surface area contributed by atoms with Crippen molar-refractivity contribution in [3.05, 3.63) is 23.0 Å². The van der Waals surface area contributed by atoms with Crippen LogP contribution in [0.5, 0.6) is 0 Å². The fourth-order valence-corrected chi connectivity index (χ4v) is 3.91. The summed E-state index contributed by atoms with van der Waals surface area (Å²) in [5.74, 6) is -0.471. The number of carbonyl (C=O) groups excluding carboxylic acids is 2. The molecule has 0 spiro atoms. The van der Waals surface area contributed by atoms with E-state index in [0.29, 0.717) is 5.92 Å². The number of carbonyl (C=O) groups is 2. The molecular formula is C20H24N2O4. The standard InChI is InChI=1S/C20H24N2O4/c1-12-5-6-15-14(11-12)13(2)18(25-16(23)7-9-21)19(20(15,3)4)26-17(24)8-10-22/h11-12,15,19H,5-8H2,1-4H3. The van der Waals surface area contributed by atoms with Crippen LogP contribution in [0.2, 0.25) is 0 Å². The number of nitrogens with zero attached hydrogens (tertiary/aromatic N) is 2. The van der Waals surface area contributed by atoms with E-state index >= 15 is 0 Å². The predicted octanol–water partition coefficient (Wildman–Crippen LogP) is 3.56. The quantitative estimate of drug-likeness (QED) is 0.714. The Labute approximate surface area is 154 Å². The number of fused-ring (bicyclic) bond motifs is 1. The van der Waals surface area contributed by atoms with E-state index in [1.165, 1.54) is 0 Å². The lowest BCUT2D eigenvalue weighted by molar-refractivity contribution is -0.161. The van der Waals surface area contributed by atoms with Crippen LogP contribution >= 0.6 is 0 Å². The highest BCUT2D eigenvalue weighted by atomic mass is 16.6. The van der Waals surface area contributed by atoms with Crippen molar-refractivity contribution >= 4 is 11.9 Å². The van der Waals surface area contributed by atoms with Crippen LogP contribution < -0.4 is 0 Å². The molecule has 138 valence electrons. The van der Waals surface area contributed by atoms with Crippen LogP contribution in [0.25, 0.3) is 0 Å². The SMILES string of the molecule is CC1=C(OC(=O)CC#N)C(OC(=O)CC#N)C(C)(C)C2CCC(C)C=C12. The number of esters is 2. The van der Waals surface area contributed by atoms with Gasteiger partial charge in [0.15, 0.2) is 11.9 Å². The van der Waals surface area contributed by atoms with Gasteiger partial charge in [-0.05, 0) is 42.7 Å². The molecule has 2 rings (SSSR count). The normalized spacial score (nSPS) is 26.7. The first-order chi connectivity index (χ1) is 12.2. The van der Waals surface area contributed by atoms with Crippen molar-refractivity contribution in [1.29, 1.82) is 10.5 Å². The molecule has 0 heterocycles. The zero-order valence-electron chi connectivity index (χ0n) is 15.7. The molecule has 0 saturated carbocycles. The first-order valence-corrected chi connectivity index (χ1v) is 8.79. The molecule has 0 aromatic carbocycles. The molecule has 6 nitrogen and oxygen atoms in total. The average molecular weight is 356 g/mol. The predicted molar refractivity (Wildman–Crippen MR) is 92.9 cm³/mol. The summed E-state index contributed by atoms with van der Waals surface area (Å²) in [6.45, 7) is 7.96. The van der Waals surface area contributed by atoms with Gasteiger partial charge in [-0.1, -0.05) is 26.8 Å². The molecule has 0 aliphatic heterocycles. The van der Waals surface area contributed by atoms with Crippen LogP contribution in [0, 0.1) is 39.9 Å². The number of nitriles is 2. The smallest absolute Gasteiger partial charge is 0.325 e. The molecule has 3 atom stereocenters. The lowest BCUT2D eigenvalue weighted by Crippen LogP contribution is -2.47. The summed E-state index contributed by atoms with van der Waals surface area (Å²) in [6.07, 6.45) is 2.65. The number of hydrogen-bond donors (Lipinski definition) is 0. The van der Waals surface area contributed by atoms with E-state index in [2.05, 4.69) is 13.0 Å². The summed E-state index contributed by atoms with van der Waals surface area (Å²) in [4.78, 5) is 24.0. The third-order valence-corrected chi connectivity index (χ3v) is 5.28. The Hall–Kier alpha value is -2.60. The number of ether oxygens (including phenoxy) is 2. The van der Waals surface area contributed by atoms with E-state index in [9.17, 15) is 9.59 Å². The van der Waals surface area contributed by atoms with E-state index in [1.54, 1.807) is 12.1 Å². The van der Waals surface area contributed by atoms with Gasteiger partial charge in [0.05, 0.1) is 12.1 Å². The molecule has 0 saturated heterocycles. The van der Waals surface area contributed by atoms with E-state index in [4.69, 9.17) is 20.0 Å². The Bertz CT molecular complexity index is 749. The average Bonchev–Trinajstić information content (AvgIpc) is 2.56. The molecule has 0 N–H and O–H groups in total. The van der Waals surface area contributed by atoms with E-state index in [0.717, 1.165) is 24.0 Å². The van der Waals surface area contributed by atoms with Gasteiger partial charge in [0.2, 0.25) is 0 Å². The molecule has 0 aromatic rings. The highest BCUT2D eigenvalue weighted by Crippen LogP contribution is 2.52. The summed E-state index contributed by atoms with van der Waals surface area (Å²) in [7, 11) is 0. The van der Waals surface area contributed by atoms with Gasteiger partial charge in [-0.15, -0.1) is 0 Å². The molecule has 0 amide bonds. The van der Waals surface area contributed by atoms with Gasteiger partial charge in [0, 0.05) is 5.41 Å². The minimum Gasteiger partial charge on any atom is -0.453 e. The Balaban J connectivity index is 2.52. The third-order valence-electron chi connectivity index (χ3n) is 5.28. The minimum atomic E-state index is -0.776. The second kappa shape index (κ2) is 7.74. The topological polar surface area (TPSA) is 100 Å². The van der Waals surface area contributed by atoms with Gasteiger partial charge in [0.1, 0.15) is 12.8 Å². The minimum absolute atomic E-state index is 0.164.